The molecule has 0 aliphatic rings. The molecule has 6 heteroatoms. The fourth-order valence-corrected chi connectivity index (χ4v) is 2.94. The molecule has 0 aliphatic carbocycles. The minimum absolute atomic E-state index is 0.304. The predicted octanol–water partition coefficient (Wildman–Crippen LogP) is 4.56. The third kappa shape index (κ3) is 6.34. The van der Waals surface area contributed by atoms with Crippen LogP contribution in [-0.4, -0.2) is 25.6 Å². The zero-order chi connectivity index (χ0) is 22.1. The van der Waals surface area contributed by atoms with E-state index in [1.54, 1.807) is 67.8 Å². The largest absolute Gasteiger partial charge is 0.497 e. The highest BCUT2D eigenvalue weighted by atomic mass is 16.6. The van der Waals surface area contributed by atoms with Crippen LogP contribution in [0.4, 0.5) is 5.69 Å². The van der Waals surface area contributed by atoms with Gasteiger partial charge in [0.05, 0.1) is 7.11 Å². The minimum atomic E-state index is -1.12. The van der Waals surface area contributed by atoms with E-state index in [0.29, 0.717) is 22.7 Å². The number of nitrogens with one attached hydrogen (secondary N) is 1. The number of methoxy groups -OCH3 is 1. The van der Waals surface area contributed by atoms with Gasteiger partial charge in [0.15, 0.2) is 6.61 Å². The molecule has 0 radical (unpaired) electrons. The first-order chi connectivity index (χ1) is 15.1. The molecule has 1 N–H and O–H groups in total. The second kappa shape index (κ2) is 10.8. The summed E-state index contributed by atoms with van der Waals surface area (Å²) >= 11 is 0. The van der Waals surface area contributed by atoms with Crippen LogP contribution >= 0.6 is 0 Å². The van der Waals surface area contributed by atoms with Crippen molar-refractivity contribution < 1.29 is 23.8 Å². The summed E-state index contributed by atoms with van der Waals surface area (Å²) in [7, 11) is 1.55. The van der Waals surface area contributed by atoms with Crippen LogP contribution in [0.2, 0.25) is 0 Å². The maximum absolute atomic E-state index is 12.9. The van der Waals surface area contributed by atoms with E-state index in [-0.39, 0.29) is 6.61 Å². The van der Waals surface area contributed by atoms with E-state index >= 15 is 0 Å². The molecular formula is C25H25NO5. The summed E-state index contributed by atoms with van der Waals surface area (Å²) in [4.78, 5) is 25.4. The summed E-state index contributed by atoms with van der Waals surface area (Å²) in [6, 6.07) is 23.3. The predicted molar refractivity (Wildman–Crippen MR) is 118 cm³/mol. The van der Waals surface area contributed by atoms with Gasteiger partial charge in [0.1, 0.15) is 11.5 Å². The molecule has 160 valence electrons. The van der Waals surface area contributed by atoms with Crippen LogP contribution in [0.1, 0.15) is 24.2 Å². The third-order valence-electron chi connectivity index (χ3n) is 4.62. The molecule has 0 spiro atoms. The zero-order valence-corrected chi connectivity index (χ0v) is 17.5. The number of carbonyl (C=O) groups is 2. The van der Waals surface area contributed by atoms with Gasteiger partial charge in [-0.15, -0.1) is 0 Å². The molecule has 31 heavy (non-hydrogen) atoms. The van der Waals surface area contributed by atoms with Crippen LogP contribution in [0.15, 0.2) is 78.9 Å². The molecule has 3 aromatic rings. The van der Waals surface area contributed by atoms with Crippen LogP contribution in [0.5, 0.6) is 11.5 Å². The Kier molecular flexibility index (Phi) is 7.65. The number of ether oxygens (including phenoxy) is 3. The van der Waals surface area contributed by atoms with Gasteiger partial charge in [-0.1, -0.05) is 55.5 Å². The summed E-state index contributed by atoms with van der Waals surface area (Å²) in [5.74, 6) is 0.0501. The van der Waals surface area contributed by atoms with Gasteiger partial charge in [0.2, 0.25) is 6.10 Å². The van der Waals surface area contributed by atoms with Crippen LogP contribution in [0.25, 0.3) is 0 Å². The molecule has 1 amide bonds. The standard InChI is InChI=1S/C25H25NO5/c1-3-18-12-14-21(15-13-18)30-17-23(27)31-24(19-8-5-4-6-9-19)25(28)26-20-10-7-11-22(16-20)29-2/h4-16,24H,3,17H2,1-2H3,(H,26,28). The monoisotopic (exact) mass is 419 g/mol. The highest BCUT2D eigenvalue weighted by molar-refractivity contribution is 5.96. The molecule has 6 nitrogen and oxygen atoms in total. The van der Waals surface area contributed by atoms with Crippen LogP contribution in [-0.2, 0) is 20.7 Å². The van der Waals surface area contributed by atoms with Crippen LogP contribution in [0.3, 0.4) is 0 Å². The number of hydrogen-bond donors (Lipinski definition) is 1. The van der Waals surface area contributed by atoms with Gasteiger partial charge in [-0.3, -0.25) is 4.79 Å². The summed E-state index contributed by atoms with van der Waals surface area (Å²) in [5.41, 5.74) is 2.27. The lowest BCUT2D eigenvalue weighted by molar-refractivity contribution is -0.156. The lowest BCUT2D eigenvalue weighted by atomic mass is 10.1. The molecule has 3 rings (SSSR count). The Bertz CT molecular complexity index is 1000. The van der Waals surface area contributed by atoms with Crippen molar-refractivity contribution in [2.24, 2.45) is 0 Å². The average molecular weight is 419 g/mol. The Morgan fingerprint density at radius 1 is 0.903 bits per heavy atom. The smallest absolute Gasteiger partial charge is 0.345 e. The average Bonchev–Trinajstić information content (AvgIpc) is 2.82. The van der Waals surface area contributed by atoms with Gasteiger partial charge in [0, 0.05) is 17.3 Å². The Hall–Kier alpha value is -3.80. The van der Waals surface area contributed by atoms with E-state index in [1.165, 1.54) is 5.56 Å². The third-order valence-corrected chi connectivity index (χ3v) is 4.62. The van der Waals surface area contributed by atoms with Crippen molar-refractivity contribution in [1.82, 2.24) is 0 Å². The molecule has 0 saturated heterocycles. The van der Waals surface area contributed by atoms with Gasteiger partial charge >= 0.3 is 5.97 Å². The van der Waals surface area contributed by atoms with Gasteiger partial charge < -0.3 is 19.5 Å². The molecular weight excluding hydrogens is 394 g/mol. The number of benzene rings is 3. The van der Waals surface area contributed by atoms with Gasteiger partial charge in [-0.25, -0.2) is 4.79 Å². The molecule has 0 aromatic heterocycles. The van der Waals surface area contributed by atoms with E-state index in [4.69, 9.17) is 14.2 Å². The number of esters is 1. The SMILES string of the molecule is CCc1ccc(OCC(=O)OC(C(=O)Nc2cccc(OC)c2)c2ccccc2)cc1. The van der Waals surface area contributed by atoms with Crippen molar-refractivity contribution in [1.29, 1.82) is 0 Å². The van der Waals surface area contributed by atoms with Crippen LogP contribution < -0.4 is 14.8 Å². The number of carbonyl (C=O) groups excluding carboxylic acids is 2. The fraction of sp³-hybridized carbons (Fsp3) is 0.200. The van der Waals surface area contributed by atoms with Gasteiger partial charge in [-0.05, 0) is 36.2 Å². The van der Waals surface area contributed by atoms with Crippen molar-refractivity contribution in [3.05, 3.63) is 90.0 Å². The van der Waals surface area contributed by atoms with Crippen molar-refractivity contribution in [3.8, 4) is 11.5 Å². The highest BCUT2D eigenvalue weighted by Gasteiger charge is 2.25. The highest BCUT2D eigenvalue weighted by Crippen LogP contribution is 2.22. The van der Waals surface area contributed by atoms with Crippen molar-refractivity contribution in [2.75, 3.05) is 19.0 Å². The van der Waals surface area contributed by atoms with E-state index < -0.39 is 18.0 Å². The molecule has 0 aliphatic heterocycles. The van der Waals surface area contributed by atoms with Crippen molar-refractivity contribution >= 4 is 17.6 Å². The molecule has 0 saturated carbocycles. The first kappa shape index (κ1) is 21.9. The molecule has 1 unspecified atom stereocenters. The fourth-order valence-electron chi connectivity index (χ4n) is 2.94. The Morgan fingerprint density at radius 2 is 1.65 bits per heavy atom. The van der Waals surface area contributed by atoms with Gasteiger partial charge in [0.25, 0.3) is 5.91 Å². The van der Waals surface area contributed by atoms with E-state index in [1.807, 2.05) is 18.2 Å². The second-order valence-corrected chi connectivity index (χ2v) is 6.79. The Morgan fingerprint density at radius 3 is 2.32 bits per heavy atom. The number of hydrogen-bond acceptors (Lipinski definition) is 5. The molecule has 0 fully saturated rings. The summed E-state index contributed by atoms with van der Waals surface area (Å²) in [5, 5.41) is 2.77. The maximum Gasteiger partial charge on any atom is 0.345 e. The summed E-state index contributed by atoms with van der Waals surface area (Å²) in [6.45, 7) is 1.76. The lowest BCUT2D eigenvalue weighted by Gasteiger charge is -2.18. The topological polar surface area (TPSA) is 73.9 Å². The number of amides is 1. The first-order valence-corrected chi connectivity index (χ1v) is 10.00. The molecule has 0 heterocycles. The number of aryl methyl sites for hydroxylation is 1. The Labute approximate surface area is 181 Å². The van der Waals surface area contributed by atoms with E-state index in [0.717, 1.165) is 6.42 Å². The zero-order valence-electron chi connectivity index (χ0n) is 17.5. The normalized spacial score (nSPS) is 11.3. The second-order valence-electron chi connectivity index (χ2n) is 6.79. The number of rotatable bonds is 9. The van der Waals surface area contributed by atoms with E-state index in [9.17, 15) is 9.59 Å². The first-order valence-electron chi connectivity index (χ1n) is 10.00. The molecule has 0 bridgehead atoms. The van der Waals surface area contributed by atoms with Crippen LogP contribution in [0, 0.1) is 0 Å². The van der Waals surface area contributed by atoms with Gasteiger partial charge in [-0.2, -0.15) is 0 Å². The maximum atomic E-state index is 12.9. The summed E-state index contributed by atoms with van der Waals surface area (Å²) in [6.07, 6.45) is -0.199. The van der Waals surface area contributed by atoms with Crippen molar-refractivity contribution in [2.45, 2.75) is 19.4 Å². The Balaban J connectivity index is 1.68. The molecule has 1 atom stereocenters. The quantitative estimate of drug-likeness (QED) is 0.515. The number of anilines is 1. The summed E-state index contributed by atoms with van der Waals surface area (Å²) < 4.78 is 16.2. The lowest BCUT2D eigenvalue weighted by Crippen LogP contribution is -2.28. The van der Waals surface area contributed by atoms with Crippen molar-refractivity contribution in [3.63, 3.8) is 0 Å². The molecule has 3 aromatic carbocycles. The van der Waals surface area contributed by atoms with E-state index in [2.05, 4.69) is 12.2 Å². The minimum Gasteiger partial charge on any atom is -0.497 e.